The Kier molecular flexibility index (Phi) is 6.87. The number of rotatable bonds is 6. The zero-order valence-corrected chi connectivity index (χ0v) is 16.2. The summed E-state index contributed by atoms with van der Waals surface area (Å²) in [4.78, 5) is 0. The van der Waals surface area contributed by atoms with Crippen molar-refractivity contribution >= 4 is 19.2 Å². The third-order valence-electron chi connectivity index (χ3n) is 3.67. The van der Waals surface area contributed by atoms with Crippen LogP contribution in [0.25, 0.3) is 0 Å². The van der Waals surface area contributed by atoms with Gasteiger partial charge in [0.25, 0.3) is 0 Å². The van der Waals surface area contributed by atoms with Gasteiger partial charge in [0.2, 0.25) is 0 Å². The molecule has 0 fully saturated rings. The van der Waals surface area contributed by atoms with Crippen molar-refractivity contribution in [3.05, 3.63) is 107 Å². The van der Waals surface area contributed by atoms with E-state index in [-0.39, 0.29) is 13.2 Å². The summed E-state index contributed by atoms with van der Waals surface area (Å²) in [5.41, 5.74) is 5.17. The van der Waals surface area contributed by atoms with Gasteiger partial charge in [0.1, 0.15) is 0 Å². The second kappa shape index (κ2) is 9.55. The molecule has 0 amide bonds. The molecule has 0 aliphatic carbocycles. The molecule has 0 saturated carbocycles. The summed E-state index contributed by atoms with van der Waals surface area (Å²) in [6.07, 6.45) is 0. The van der Waals surface area contributed by atoms with Crippen LogP contribution in [-0.4, -0.2) is 0 Å². The highest BCUT2D eigenvalue weighted by Crippen LogP contribution is 2.48. The fourth-order valence-electron chi connectivity index (χ4n) is 2.24. The van der Waals surface area contributed by atoms with Gasteiger partial charge in [0.15, 0.2) is 0 Å². The molecule has 3 aromatic carbocycles. The Morgan fingerprint density at radius 3 is 1.70 bits per heavy atom. The number of hydrogen-bond donors (Lipinski definition) is 0. The third kappa shape index (κ3) is 6.40. The Hall–Kier alpha value is -2.34. The maximum absolute atomic E-state index is 13.2. The van der Waals surface area contributed by atoms with Crippen LogP contribution in [0.5, 0.6) is 0 Å². The van der Waals surface area contributed by atoms with Crippen LogP contribution in [0.2, 0.25) is 5.02 Å². The van der Waals surface area contributed by atoms with Crippen molar-refractivity contribution in [1.82, 2.24) is 0 Å². The van der Waals surface area contributed by atoms with E-state index in [2.05, 4.69) is 11.6 Å². The summed E-state index contributed by atoms with van der Waals surface area (Å²) in [7, 11) is -3.62. The monoisotopic (exact) mass is 396 g/mol. The van der Waals surface area contributed by atoms with Gasteiger partial charge in [-0.1, -0.05) is 78.2 Å². The predicted octanol–water partition coefficient (Wildman–Crippen LogP) is 6.28. The van der Waals surface area contributed by atoms with E-state index in [1.807, 2.05) is 60.7 Å². The van der Waals surface area contributed by atoms with Crippen molar-refractivity contribution in [2.45, 2.75) is 13.2 Å². The van der Waals surface area contributed by atoms with Crippen molar-refractivity contribution in [2.24, 2.45) is 0 Å². The molecule has 3 nitrogen and oxygen atoms in total. The summed E-state index contributed by atoms with van der Waals surface area (Å²) in [6, 6.07) is 26.0. The first-order valence-electron chi connectivity index (χ1n) is 8.39. The molecule has 0 aliphatic rings. The number of benzene rings is 3. The smallest absolute Gasteiger partial charge is 0.294 e. The molecule has 0 heterocycles. The first-order valence-corrected chi connectivity index (χ1v) is 10.3. The van der Waals surface area contributed by atoms with E-state index >= 15 is 0 Å². The van der Waals surface area contributed by atoms with Crippen LogP contribution in [0.4, 0.5) is 0 Å². The molecule has 0 aromatic heterocycles. The Morgan fingerprint density at radius 1 is 0.741 bits per heavy atom. The summed E-state index contributed by atoms with van der Waals surface area (Å²) in [5, 5.41) is 0.615. The first kappa shape index (κ1) is 19.4. The van der Waals surface area contributed by atoms with Crippen molar-refractivity contribution < 1.29 is 13.6 Å². The van der Waals surface area contributed by atoms with Crippen LogP contribution >= 0.6 is 19.2 Å². The fourth-order valence-corrected chi connectivity index (χ4v) is 3.47. The second-order valence-electron chi connectivity index (χ2n) is 5.76. The zero-order chi connectivity index (χ0) is 19.0. The van der Waals surface area contributed by atoms with E-state index < -0.39 is 7.60 Å². The molecule has 3 aromatic rings. The van der Waals surface area contributed by atoms with Gasteiger partial charge in [0.05, 0.1) is 13.2 Å². The van der Waals surface area contributed by atoms with Crippen LogP contribution in [-0.2, 0) is 26.8 Å². The van der Waals surface area contributed by atoms with Crippen molar-refractivity contribution in [1.29, 1.82) is 0 Å². The van der Waals surface area contributed by atoms with E-state index in [9.17, 15) is 4.57 Å². The van der Waals surface area contributed by atoms with Gasteiger partial charge >= 0.3 is 7.60 Å². The summed E-state index contributed by atoms with van der Waals surface area (Å²) in [6.45, 7) is 0.310. The van der Waals surface area contributed by atoms with Crippen molar-refractivity contribution in [3.63, 3.8) is 0 Å². The van der Waals surface area contributed by atoms with Gasteiger partial charge in [0, 0.05) is 16.2 Å². The molecule has 0 N–H and O–H groups in total. The molecule has 0 saturated heterocycles. The average Bonchev–Trinajstić information content (AvgIpc) is 2.72. The summed E-state index contributed by atoms with van der Waals surface area (Å²) >= 11 is 5.88. The minimum atomic E-state index is -3.62. The molecule has 0 unspecified atom stereocenters. The average molecular weight is 397 g/mol. The maximum Gasteiger partial charge on any atom is 0.406 e. The van der Waals surface area contributed by atoms with E-state index in [0.717, 1.165) is 11.1 Å². The minimum Gasteiger partial charge on any atom is -0.294 e. The first-order chi connectivity index (χ1) is 13.1. The highest BCUT2D eigenvalue weighted by molar-refractivity contribution is 7.59. The van der Waals surface area contributed by atoms with Gasteiger partial charge in [-0.05, 0) is 35.4 Å². The highest BCUT2D eigenvalue weighted by atomic mass is 35.5. The largest absolute Gasteiger partial charge is 0.406 e. The Balaban J connectivity index is 1.76. The molecule has 27 heavy (non-hydrogen) atoms. The second-order valence-corrected chi connectivity index (χ2v) is 7.93. The zero-order valence-electron chi connectivity index (χ0n) is 14.5. The SMILES string of the molecule is O=P(C#Cc1ccc(Cl)cc1)(OCc1ccccc1)OCc1ccccc1. The van der Waals surface area contributed by atoms with E-state index in [4.69, 9.17) is 20.6 Å². The molecule has 0 atom stereocenters. The molecule has 3 rings (SSSR count). The lowest BCUT2D eigenvalue weighted by molar-refractivity contribution is 0.201. The Bertz CT molecular complexity index is 914. The van der Waals surface area contributed by atoms with Crippen molar-refractivity contribution in [3.8, 4) is 11.6 Å². The predicted molar refractivity (Wildman–Crippen MR) is 108 cm³/mol. The Morgan fingerprint density at radius 2 is 1.22 bits per heavy atom. The molecular formula is C22H18ClO3P. The summed E-state index contributed by atoms with van der Waals surface area (Å²) < 4.78 is 24.4. The van der Waals surface area contributed by atoms with Crippen LogP contribution in [0.1, 0.15) is 16.7 Å². The normalized spacial score (nSPS) is 10.9. The van der Waals surface area contributed by atoms with Crippen LogP contribution in [0.3, 0.4) is 0 Å². The van der Waals surface area contributed by atoms with Gasteiger partial charge in [-0.3, -0.25) is 9.05 Å². The lowest BCUT2D eigenvalue weighted by Crippen LogP contribution is -1.96. The van der Waals surface area contributed by atoms with Crippen LogP contribution < -0.4 is 0 Å². The molecule has 0 aliphatic heterocycles. The molecular weight excluding hydrogens is 379 g/mol. The van der Waals surface area contributed by atoms with E-state index in [1.165, 1.54) is 0 Å². The molecule has 0 radical (unpaired) electrons. The maximum atomic E-state index is 13.2. The third-order valence-corrected chi connectivity index (χ3v) is 5.25. The fraction of sp³-hybridized carbons (Fsp3) is 0.0909. The minimum absolute atomic E-state index is 0.155. The van der Waals surface area contributed by atoms with E-state index in [1.54, 1.807) is 24.3 Å². The molecule has 5 heteroatoms. The standard InChI is InChI=1S/C22H18ClO3P/c23-22-13-11-19(12-14-22)15-16-27(24,25-17-20-7-3-1-4-8-20)26-18-21-9-5-2-6-10-21/h1-14H,17-18H2. The number of hydrogen-bond acceptors (Lipinski definition) is 3. The van der Waals surface area contributed by atoms with Crippen LogP contribution in [0, 0.1) is 11.6 Å². The quantitative estimate of drug-likeness (QED) is 0.363. The van der Waals surface area contributed by atoms with Crippen LogP contribution in [0.15, 0.2) is 84.9 Å². The van der Waals surface area contributed by atoms with Crippen molar-refractivity contribution in [2.75, 3.05) is 0 Å². The van der Waals surface area contributed by atoms with Gasteiger partial charge in [-0.2, -0.15) is 0 Å². The molecule has 136 valence electrons. The topological polar surface area (TPSA) is 35.5 Å². The lowest BCUT2D eigenvalue weighted by atomic mass is 10.2. The lowest BCUT2D eigenvalue weighted by Gasteiger charge is -2.13. The summed E-state index contributed by atoms with van der Waals surface area (Å²) in [5.74, 6) is 2.86. The number of halogens is 1. The van der Waals surface area contributed by atoms with Gasteiger partial charge in [-0.15, -0.1) is 0 Å². The molecule has 0 spiro atoms. The van der Waals surface area contributed by atoms with E-state index in [0.29, 0.717) is 10.6 Å². The van der Waals surface area contributed by atoms with Gasteiger partial charge < -0.3 is 0 Å². The van der Waals surface area contributed by atoms with Gasteiger partial charge in [-0.25, -0.2) is 4.57 Å². The molecule has 0 bridgehead atoms. The highest BCUT2D eigenvalue weighted by Gasteiger charge is 2.22. The Labute approximate surface area is 164 Å².